The summed E-state index contributed by atoms with van der Waals surface area (Å²) >= 11 is 0. The standard InChI is InChI=1S/C10H11F2NO2/c11-6-9(7-12)15-10(14)13-8-4-2-1-3-5-8/h1-5,9H,6-7H2,(H,13,14). The third kappa shape index (κ3) is 3.93. The molecule has 5 heteroatoms. The third-order valence-corrected chi connectivity index (χ3v) is 1.64. The van der Waals surface area contributed by atoms with E-state index in [0.717, 1.165) is 0 Å². The van der Waals surface area contributed by atoms with Gasteiger partial charge >= 0.3 is 6.09 Å². The molecule has 15 heavy (non-hydrogen) atoms. The molecule has 0 atom stereocenters. The number of carbonyl (C=O) groups excluding carboxylic acids is 1. The van der Waals surface area contributed by atoms with Gasteiger partial charge in [-0.3, -0.25) is 5.32 Å². The van der Waals surface area contributed by atoms with Gasteiger partial charge in [-0.25, -0.2) is 13.6 Å². The van der Waals surface area contributed by atoms with Gasteiger partial charge in [-0.05, 0) is 12.1 Å². The Balaban J connectivity index is 2.43. The van der Waals surface area contributed by atoms with Crippen molar-refractivity contribution in [3.05, 3.63) is 30.3 Å². The zero-order valence-corrected chi connectivity index (χ0v) is 7.95. The predicted octanol–water partition coefficient (Wildman–Crippen LogP) is 2.54. The number of anilines is 1. The highest BCUT2D eigenvalue weighted by atomic mass is 19.1. The molecule has 0 bridgehead atoms. The molecule has 0 saturated carbocycles. The number of benzene rings is 1. The fraction of sp³-hybridized carbons (Fsp3) is 0.300. The van der Waals surface area contributed by atoms with Crippen molar-refractivity contribution < 1.29 is 18.3 Å². The summed E-state index contributed by atoms with van der Waals surface area (Å²) in [5.41, 5.74) is 0.513. The molecular weight excluding hydrogens is 204 g/mol. The van der Waals surface area contributed by atoms with Gasteiger partial charge < -0.3 is 4.74 Å². The van der Waals surface area contributed by atoms with E-state index in [9.17, 15) is 13.6 Å². The summed E-state index contributed by atoms with van der Waals surface area (Å²) in [6, 6.07) is 8.50. The molecule has 0 heterocycles. The second-order valence-corrected chi connectivity index (χ2v) is 2.83. The van der Waals surface area contributed by atoms with Crippen LogP contribution in [0, 0.1) is 0 Å². The molecule has 0 aliphatic carbocycles. The minimum atomic E-state index is -1.33. The lowest BCUT2D eigenvalue weighted by molar-refractivity contribution is 0.0757. The summed E-state index contributed by atoms with van der Waals surface area (Å²) in [5, 5.41) is 2.35. The van der Waals surface area contributed by atoms with Gasteiger partial charge in [0.15, 0.2) is 6.10 Å². The van der Waals surface area contributed by atoms with Crippen LogP contribution in [0.5, 0.6) is 0 Å². The van der Waals surface area contributed by atoms with Crippen LogP contribution < -0.4 is 5.32 Å². The quantitative estimate of drug-likeness (QED) is 0.838. The molecule has 1 rings (SSSR count). The van der Waals surface area contributed by atoms with E-state index in [0.29, 0.717) is 5.69 Å². The van der Waals surface area contributed by atoms with Crippen LogP contribution in [0.1, 0.15) is 0 Å². The van der Waals surface area contributed by atoms with E-state index in [2.05, 4.69) is 10.1 Å². The number of alkyl halides is 2. The fourth-order valence-electron chi connectivity index (χ4n) is 0.924. The minimum absolute atomic E-state index is 0.513. The number of ether oxygens (including phenoxy) is 1. The highest BCUT2D eigenvalue weighted by Crippen LogP contribution is 2.06. The molecule has 0 radical (unpaired) electrons. The van der Waals surface area contributed by atoms with Gasteiger partial charge in [-0.15, -0.1) is 0 Å². The molecule has 0 aliphatic heterocycles. The zero-order chi connectivity index (χ0) is 11.1. The lowest BCUT2D eigenvalue weighted by atomic mass is 10.3. The molecule has 0 saturated heterocycles. The first-order valence-corrected chi connectivity index (χ1v) is 4.41. The Hall–Kier alpha value is -1.65. The monoisotopic (exact) mass is 215 g/mol. The fourth-order valence-corrected chi connectivity index (χ4v) is 0.924. The van der Waals surface area contributed by atoms with Gasteiger partial charge in [-0.1, -0.05) is 18.2 Å². The molecule has 1 aromatic carbocycles. The largest absolute Gasteiger partial charge is 0.440 e. The number of amides is 1. The van der Waals surface area contributed by atoms with Crippen molar-refractivity contribution >= 4 is 11.8 Å². The highest BCUT2D eigenvalue weighted by Gasteiger charge is 2.13. The summed E-state index contributed by atoms with van der Waals surface area (Å²) in [5.74, 6) is 0. The molecule has 0 aliphatic rings. The van der Waals surface area contributed by atoms with Crippen LogP contribution in [0.2, 0.25) is 0 Å². The van der Waals surface area contributed by atoms with E-state index in [4.69, 9.17) is 0 Å². The second kappa shape index (κ2) is 5.95. The number of hydrogen-bond donors (Lipinski definition) is 1. The van der Waals surface area contributed by atoms with Crippen LogP contribution >= 0.6 is 0 Å². The first kappa shape index (κ1) is 11.4. The Morgan fingerprint density at radius 1 is 1.27 bits per heavy atom. The molecule has 1 N–H and O–H groups in total. The molecule has 3 nitrogen and oxygen atoms in total. The van der Waals surface area contributed by atoms with E-state index in [-0.39, 0.29) is 0 Å². The SMILES string of the molecule is O=C(Nc1ccccc1)OC(CF)CF. The number of hydrogen-bond acceptors (Lipinski definition) is 2. The summed E-state index contributed by atoms with van der Waals surface area (Å²) < 4.78 is 28.5. The van der Waals surface area contributed by atoms with Crippen LogP contribution in [0.4, 0.5) is 19.3 Å². The van der Waals surface area contributed by atoms with E-state index >= 15 is 0 Å². The molecule has 0 spiro atoms. The van der Waals surface area contributed by atoms with Crippen molar-refractivity contribution in [1.82, 2.24) is 0 Å². The van der Waals surface area contributed by atoms with Crippen LogP contribution in [0.25, 0.3) is 0 Å². The van der Waals surface area contributed by atoms with Crippen molar-refractivity contribution in [2.24, 2.45) is 0 Å². The third-order valence-electron chi connectivity index (χ3n) is 1.64. The predicted molar refractivity (Wildman–Crippen MR) is 52.3 cm³/mol. The Kier molecular flexibility index (Phi) is 4.53. The lowest BCUT2D eigenvalue weighted by Crippen LogP contribution is -2.25. The number of carbonyl (C=O) groups is 1. The van der Waals surface area contributed by atoms with E-state index in [1.807, 2.05) is 0 Å². The van der Waals surface area contributed by atoms with E-state index in [1.165, 1.54) is 0 Å². The number of rotatable bonds is 4. The molecule has 1 amide bonds. The van der Waals surface area contributed by atoms with Crippen LogP contribution in [-0.2, 0) is 4.74 Å². The maximum absolute atomic E-state index is 12.0. The van der Waals surface area contributed by atoms with Gasteiger partial charge in [0, 0.05) is 5.69 Å². The average molecular weight is 215 g/mol. The Bertz CT molecular complexity index is 302. The second-order valence-electron chi connectivity index (χ2n) is 2.83. The number of halogens is 2. The van der Waals surface area contributed by atoms with Crippen molar-refractivity contribution in [1.29, 1.82) is 0 Å². The van der Waals surface area contributed by atoms with Crippen LogP contribution in [-0.4, -0.2) is 25.5 Å². The summed E-state index contributed by atoms with van der Waals surface area (Å²) in [7, 11) is 0. The first-order chi connectivity index (χ1) is 7.26. The summed E-state index contributed by atoms with van der Waals surface area (Å²) in [6.07, 6.45) is -2.18. The van der Waals surface area contributed by atoms with Gasteiger partial charge in [0.2, 0.25) is 0 Å². The van der Waals surface area contributed by atoms with Gasteiger partial charge in [0.1, 0.15) is 13.3 Å². The van der Waals surface area contributed by atoms with Gasteiger partial charge in [0.25, 0.3) is 0 Å². The van der Waals surface area contributed by atoms with E-state index < -0.39 is 25.5 Å². The molecule has 82 valence electrons. The first-order valence-electron chi connectivity index (χ1n) is 4.41. The van der Waals surface area contributed by atoms with Crippen LogP contribution in [0.3, 0.4) is 0 Å². The number of nitrogens with one attached hydrogen (secondary N) is 1. The Morgan fingerprint density at radius 2 is 1.87 bits per heavy atom. The smallest absolute Gasteiger partial charge is 0.412 e. The Morgan fingerprint density at radius 3 is 2.40 bits per heavy atom. The number of para-hydroxylation sites is 1. The molecule has 0 unspecified atom stereocenters. The zero-order valence-electron chi connectivity index (χ0n) is 7.95. The Labute approximate surface area is 86.0 Å². The van der Waals surface area contributed by atoms with Gasteiger partial charge in [0.05, 0.1) is 0 Å². The molecule has 1 aromatic rings. The molecule has 0 fully saturated rings. The van der Waals surface area contributed by atoms with Crippen LogP contribution in [0.15, 0.2) is 30.3 Å². The van der Waals surface area contributed by atoms with Crippen molar-refractivity contribution in [2.75, 3.05) is 18.7 Å². The lowest BCUT2D eigenvalue weighted by Gasteiger charge is -2.11. The van der Waals surface area contributed by atoms with Crippen molar-refractivity contribution in [3.8, 4) is 0 Å². The van der Waals surface area contributed by atoms with Crippen molar-refractivity contribution in [2.45, 2.75) is 6.10 Å². The maximum atomic E-state index is 12.0. The summed E-state index contributed by atoms with van der Waals surface area (Å²) in [6.45, 7) is -2.06. The topological polar surface area (TPSA) is 38.3 Å². The maximum Gasteiger partial charge on any atom is 0.412 e. The summed E-state index contributed by atoms with van der Waals surface area (Å²) in [4.78, 5) is 11.1. The highest BCUT2D eigenvalue weighted by molar-refractivity contribution is 5.84. The average Bonchev–Trinajstić information content (AvgIpc) is 2.27. The molecular formula is C10H11F2NO2. The molecule has 0 aromatic heterocycles. The van der Waals surface area contributed by atoms with Crippen molar-refractivity contribution in [3.63, 3.8) is 0 Å². The van der Waals surface area contributed by atoms with Gasteiger partial charge in [-0.2, -0.15) is 0 Å². The normalized spacial score (nSPS) is 10.1. The van der Waals surface area contributed by atoms with E-state index in [1.54, 1.807) is 30.3 Å². The minimum Gasteiger partial charge on any atom is -0.440 e.